The van der Waals surface area contributed by atoms with Crippen LogP contribution < -0.4 is 19.6 Å². The minimum Gasteiger partial charge on any atom is -0.497 e. The van der Waals surface area contributed by atoms with Crippen molar-refractivity contribution in [3.8, 4) is 22.2 Å². The van der Waals surface area contributed by atoms with Gasteiger partial charge in [0.15, 0.2) is 0 Å². The molecule has 0 fully saturated rings. The van der Waals surface area contributed by atoms with Gasteiger partial charge in [-0.25, -0.2) is 14.6 Å². The van der Waals surface area contributed by atoms with E-state index in [0.29, 0.717) is 12.2 Å². The van der Waals surface area contributed by atoms with E-state index in [0.717, 1.165) is 21.2 Å². The standard InChI is InChI=1S/C23H22N3O5S/c1-4-31-23(28)19-21(27)25-11-6-5-10-18(25)26(22(19)30-3)14-17-13-24-20(32-17)15-8-7-9-16(12-15)29-2/h5-13H,4,14H2,1-3H3/q+1. The van der Waals surface area contributed by atoms with Gasteiger partial charge in [0.25, 0.3) is 5.65 Å². The zero-order chi connectivity index (χ0) is 22.7. The summed E-state index contributed by atoms with van der Waals surface area (Å²) < 4.78 is 19.2. The Bertz CT molecular complexity index is 1350. The minimum absolute atomic E-state index is 0.143. The summed E-state index contributed by atoms with van der Waals surface area (Å²) >= 11 is 1.51. The number of esters is 1. The van der Waals surface area contributed by atoms with Crippen molar-refractivity contribution in [1.82, 2.24) is 9.38 Å². The highest BCUT2D eigenvalue weighted by atomic mass is 32.1. The van der Waals surface area contributed by atoms with Crippen LogP contribution in [0.15, 0.2) is 59.7 Å². The molecule has 8 nitrogen and oxygen atoms in total. The first-order chi connectivity index (χ1) is 15.6. The third-order valence-electron chi connectivity index (χ3n) is 4.86. The fourth-order valence-electron chi connectivity index (χ4n) is 3.45. The Labute approximate surface area is 188 Å². The van der Waals surface area contributed by atoms with Crippen LogP contribution in [0.5, 0.6) is 11.6 Å². The van der Waals surface area contributed by atoms with Crippen LogP contribution in [0.3, 0.4) is 0 Å². The maximum atomic E-state index is 13.0. The highest BCUT2D eigenvalue weighted by molar-refractivity contribution is 7.15. The Hall–Kier alpha value is -3.72. The average molecular weight is 453 g/mol. The molecule has 1 aromatic carbocycles. The van der Waals surface area contributed by atoms with Gasteiger partial charge >= 0.3 is 17.4 Å². The van der Waals surface area contributed by atoms with Crippen molar-refractivity contribution in [2.24, 2.45) is 0 Å². The molecule has 0 unspecified atom stereocenters. The van der Waals surface area contributed by atoms with Crippen molar-refractivity contribution in [3.63, 3.8) is 0 Å². The number of benzene rings is 1. The third-order valence-corrected chi connectivity index (χ3v) is 5.89. The van der Waals surface area contributed by atoms with Crippen molar-refractivity contribution in [2.75, 3.05) is 20.8 Å². The number of pyridine rings is 1. The molecule has 0 N–H and O–H groups in total. The van der Waals surface area contributed by atoms with Crippen LogP contribution in [-0.4, -0.2) is 36.2 Å². The van der Waals surface area contributed by atoms with Gasteiger partial charge in [0.2, 0.25) is 5.56 Å². The SMILES string of the molecule is CCOC(=O)c1c(OC)[n+](Cc2cnc(-c3cccc(OC)c3)s2)c2ccccn2c1=O. The van der Waals surface area contributed by atoms with E-state index in [4.69, 9.17) is 14.2 Å². The molecule has 0 spiro atoms. The molecule has 0 saturated heterocycles. The van der Waals surface area contributed by atoms with Crippen LogP contribution in [-0.2, 0) is 11.3 Å². The van der Waals surface area contributed by atoms with E-state index in [1.54, 1.807) is 43.1 Å². The maximum Gasteiger partial charge on any atom is 0.361 e. The van der Waals surface area contributed by atoms with E-state index in [2.05, 4.69) is 4.98 Å². The largest absolute Gasteiger partial charge is 0.497 e. The first kappa shape index (κ1) is 21.5. The van der Waals surface area contributed by atoms with E-state index < -0.39 is 11.5 Å². The predicted octanol–water partition coefficient (Wildman–Crippen LogP) is 2.95. The van der Waals surface area contributed by atoms with Gasteiger partial charge in [-0.1, -0.05) is 18.2 Å². The zero-order valence-electron chi connectivity index (χ0n) is 17.9. The molecule has 0 amide bonds. The number of aromatic nitrogens is 3. The molecule has 9 heteroatoms. The highest BCUT2D eigenvalue weighted by Gasteiger charge is 2.31. The first-order valence-corrected chi connectivity index (χ1v) is 10.8. The molecule has 32 heavy (non-hydrogen) atoms. The molecule has 0 aliphatic carbocycles. The van der Waals surface area contributed by atoms with Crippen molar-refractivity contribution >= 4 is 23.0 Å². The van der Waals surface area contributed by atoms with Crippen LogP contribution >= 0.6 is 11.3 Å². The van der Waals surface area contributed by atoms with Crippen LogP contribution in [0.1, 0.15) is 22.2 Å². The highest BCUT2D eigenvalue weighted by Crippen LogP contribution is 2.28. The van der Waals surface area contributed by atoms with Crippen LogP contribution in [0, 0.1) is 0 Å². The van der Waals surface area contributed by atoms with Crippen molar-refractivity contribution in [1.29, 1.82) is 0 Å². The molecule has 0 atom stereocenters. The summed E-state index contributed by atoms with van der Waals surface area (Å²) in [4.78, 5) is 31.1. The monoisotopic (exact) mass is 452 g/mol. The molecule has 3 aromatic heterocycles. The third kappa shape index (κ3) is 3.94. The van der Waals surface area contributed by atoms with E-state index in [1.807, 2.05) is 30.3 Å². The van der Waals surface area contributed by atoms with Crippen LogP contribution in [0.2, 0.25) is 0 Å². The number of methoxy groups -OCH3 is 2. The fraction of sp³-hybridized carbons (Fsp3) is 0.217. The topological polar surface area (TPSA) is 83.0 Å². The number of hydrogen-bond donors (Lipinski definition) is 0. The summed E-state index contributed by atoms with van der Waals surface area (Å²) in [5, 5.41) is 0.835. The van der Waals surface area contributed by atoms with Gasteiger partial charge in [0.05, 0.1) is 31.9 Å². The molecule has 4 rings (SSSR count). The van der Waals surface area contributed by atoms with Crippen molar-refractivity contribution < 1.29 is 23.6 Å². The summed E-state index contributed by atoms with van der Waals surface area (Å²) in [6.45, 7) is 2.19. The van der Waals surface area contributed by atoms with Gasteiger partial charge in [0, 0.05) is 17.8 Å². The molecule has 0 saturated carbocycles. The van der Waals surface area contributed by atoms with E-state index in [9.17, 15) is 9.59 Å². The van der Waals surface area contributed by atoms with Crippen LogP contribution in [0.4, 0.5) is 0 Å². The van der Waals surface area contributed by atoms with Gasteiger partial charge < -0.3 is 14.2 Å². The Balaban J connectivity index is 1.83. The second-order valence-corrected chi connectivity index (χ2v) is 7.90. The lowest BCUT2D eigenvalue weighted by Gasteiger charge is -2.11. The first-order valence-electron chi connectivity index (χ1n) is 9.94. The average Bonchev–Trinajstić information content (AvgIpc) is 3.29. The normalized spacial score (nSPS) is 10.8. The number of thiazole rings is 1. The Morgan fingerprint density at radius 1 is 1.16 bits per heavy atom. The van der Waals surface area contributed by atoms with Gasteiger partial charge in [-0.05, 0) is 25.1 Å². The quantitative estimate of drug-likeness (QED) is 0.317. The Morgan fingerprint density at radius 3 is 2.75 bits per heavy atom. The smallest absolute Gasteiger partial charge is 0.361 e. The molecule has 4 aromatic rings. The minimum atomic E-state index is -0.720. The fourth-order valence-corrected chi connectivity index (χ4v) is 4.34. The number of carbonyl (C=O) groups is 1. The number of nitrogens with zero attached hydrogens (tertiary/aromatic N) is 3. The number of carbonyl (C=O) groups excluding carboxylic acids is 1. The summed E-state index contributed by atoms with van der Waals surface area (Å²) in [7, 11) is 3.06. The second-order valence-electron chi connectivity index (χ2n) is 6.79. The lowest BCUT2D eigenvalue weighted by molar-refractivity contribution is -0.670. The lowest BCUT2D eigenvalue weighted by Crippen LogP contribution is -2.44. The molecule has 0 bridgehead atoms. The number of fused-ring (bicyclic) bond motifs is 1. The van der Waals surface area contributed by atoms with Gasteiger partial charge in [-0.15, -0.1) is 11.3 Å². The van der Waals surface area contributed by atoms with Crippen LogP contribution in [0.25, 0.3) is 16.2 Å². The van der Waals surface area contributed by atoms with E-state index in [-0.39, 0.29) is 18.1 Å². The van der Waals surface area contributed by atoms with Gasteiger partial charge in [-0.2, -0.15) is 8.97 Å². The summed E-state index contributed by atoms with van der Waals surface area (Å²) in [5.74, 6) is 0.182. The summed E-state index contributed by atoms with van der Waals surface area (Å²) in [6, 6.07) is 13.0. The molecular formula is C23H22N3O5S+. The molecule has 0 aliphatic heterocycles. The Kier molecular flexibility index (Phi) is 6.18. The van der Waals surface area contributed by atoms with Gasteiger partial charge in [-0.3, -0.25) is 0 Å². The van der Waals surface area contributed by atoms with Crippen molar-refractivity contribution in [2.45, 2.75) is 13.5 Å². The van der Waals surface area contributed by atoms with Gasteiger partial charge in [0.1, 0.15) is 17.3 Å². The number of rotatable bonds is 7. The molecule has 0 radical (unpaired) electrons. The van der Waals surface area contributed by atoms with Crippen molar-refractivity contribution in [3.05, 3.63) is 75.7 Å². The Morgan fingerprint density at radius 2 is 2.00 bits per heavy atom. The zero-order valence-corrected chi connectivity index (χ0v) is 18.7. The molecular weight excluding hydrogens is 430 g/mol. The summed E-state index contributed by atoms with van der Waals surface area (Å²) in [6.07, 6.45) is 3.39. The molecule has 3 heterocycles. The van der Waals surface area contributed by atoms with E-state index in [1.165, 1.54) is 22.8 Å². The van der Waals surface area contributed by atoms with E-state index >= 15 is 0 Å². The number of ether oxygens (including phenoxy) is 3. The molecule has 0 aliphatic rings. The molecule has 164 valence electrons. The second kappa shape index (κ2) is 9.19. The predicted molar refractivity (Wildman–Crippen MR) is 120 cm³/mol. The maximum absolute atomic E-state index is 13.0. The number of hydrogen-bond acceptors (Lipinski definition) is 7. The summed E-state index contributed by atoms with van der Waals surface area (Å²) in [5.41, 5.74) is 0.891. The lowest BCUT2D eigenvalue weighted by atomic mass is 10.2.